The van der Waals surface area contributed by atoms with Crippen LogP contribution in [0.25, 0.3) is 10.9 Å². The molecule has 1 aromatic carbocycles. The fourth-order valence-corrected chi connectivity index (χ4v) is 2.84. The van der Waals surface area contributed by atoms with Crippen LogP contribution >= 0.6 is 0 Å². The largest absolute Gasteiger partial charge is 0.481 e. The molecule has 1 saturated heterocycles. The lowest BCUT2D eigenvalue weighted by atomic mass is 9.99. The van der Waals surface area contributed by atoms with Crippen LogP contribution in [-0.2, 0) is 4.79 Å². The number of hydrogen-bond donors (Lipinski definition) is 2. The summed E-state index contributed by atoms with van der Waals surface area (Å²) in [4.78, 5) is 28.0. The molecule has 2 atom stereocenters. The molecular formula is C15H15FN2O3. The molecule has 2 N–H and O–H groups in total. The maximum absolute atomic E-state index is 13.2. The van der Waals surface area contributed by atoms with Crippen molar-refractivity contribution in [3.05, 3.63) is 35.8 Å². The van der Waals surface area contributed by atoms with Gasteiger partial charge in [0.05, 0.1) is 5.92 Å². The van der Waals surface area contributed by atoms with Gasteiger partial charge in [-0.25, -0.2) is 4.39 Å². The highest BCUT2D eigenvalue weighted by Crippen LogP contribution is 2.25. The van der Waals surface area contributed by atoms with Gasteiger partial charge in [0.25, 0.3) is 5.91 Å². The maximum atomic E-state index is 13.2. The van der Waals surface area contributed by atoms with Crippen molar-refractivity contribution >= 4 is 22.8 Å². The second-order valence-corrected chi connectivity index (χ2v) is 5.55. The zero-order chi connectivity index (χ0) is 15.1. The van der Waals surface area contributed by atoms with Crippen molar-refractivity contribution in [2.75, 3.05) is 13.1 Å². The summed E-state index contributed by atoms with van der Waals surface area (Å²) < 4.78 is 13.2. The number of amides is 1. The lowest BCUT2D eigenvalue weighted by Crippen LogP contribution is -2.30. The molecule has 0 saturated carbocycles. The molecule has 2 aromatic rings. The first kappa shape index (κ1) is 13.6. The standard InChI is InChI=1S/C15H15FN2O3/c1-8-6-18(7-11(8)15(20)21)14(19)13-5-9-4-10(16)2-3-12(9)17-13/h2-5,8,11,17H,6-7H2,1H3,(H,20,21)/t8-,11-/m1/s1. The number of carboxylic acid groups (broad SMARTS) is 1. The van der Waals surface area contributed by atoms with E-state index in [-0.39, 0.29) is 24.2 Å². The van der Waals surface area contributed by atoms with E-state index in [1.807, 2.05) is 6.92 Å². The minimum atomic E-state index is -0.878. The monoisotopic (exact) mass is 290 g/mol. The lowest BCUT2D eigenvalue weighted by Gasteiger charge is -2.14. The maximum Gasteiger partial charge on any atom is 0.308 e. The highest BCUT2D eigenvalue weighted by Gasteiger charge is 2.37. The quantitative estimate of drug-likeness (QED) is 0.889. The molecule has 21 heavy (non-hydrogen) atoms. The van der Waals surface area contributed by atoms with Crippen molar-refractivity contribution in [2.24, 2.45) is 11.8 Å². The molecule has 5 nitrogen and oxygen atoms in total. The van der Waals surface area contributed by atoms with Gasteiger partial charge in [0.2, 0.25) is 0 Å². The zero-order valence-corrected chi connectivity index (χ0v) is 11.5. The van der Waals surface area contributed by atoms with Gasteiger partial charge in [0.15, 0.2) is 0 Å². The van der Waals surface area contributed by atoms with Crippen molar-refractivity contribution < 1.29 is 19.1 Å². The normalized spacial score (nSPS) is 21.9. The Bertz CT molecular complexity index is 725. The molecule has 6 heteroatoms. The third-order valence-electron chi connectivity index (χ3n) is 4.03. The number of carbonyl (C=O) groups excluding carboxylic acids is 1. The Kier molecular flexibility index (Phi) is 3.16. The molecule has 1 fully saturated rings. The number of rotatable bonds is 2. The number of nitrogens with zero attached hydrogens (tertiary/aromatic N) is 1. The predicted molar refractivity (Wildman–Crippen MR) is 74.5 cm³/mol. The number of aliphatic carboxylic acids is 1. The minimum absolute atomic E-state index is 0.0757. The fraction of sp³-hybridized carbons (Fsp3) is 0.333. The summed E-state index contributed by atoms with van der Waals surface area (Å²) in [5, 5.41) is 9.74. The van der Waals surface area contributed by atoms with Crippen molar-refractivity contribution in [1.82, 2.24) is 9.88 Å². The van der Waals surface area contributed by atoms with Gasteiger partial charge >= 0.3 is 5.97 Å². The topological polar surface area (TPSA) is 73.4 Å². The summed E-state index contributed by atoms with van der Waals surface area (Å²) >= 11 is 0. The summed E-state index contributed by atoms with van der Waals surface area (Å²) in [6, 6.07) is 5.86. The average Bonchev–Trinajstić information content (AvgIpc) is 3.00. The molecule has 1 aliphatic heterocycles. The van der Waals surface area contributed by atoms with Gasteiger partial charge in [-0.2, -0.15) is 0 Å². The van der Waals surface area contributed by atoms with Crippen molar-refractivity contribution in [3.63, 3.8) is 0 Å². The van der Waals surface area contributed by atoms with Crippen LogP contribution in [0.4, 0.5) is 4.39 Å². The second-order valence-electron chi connectivity index (χ2n) is 5.55. The van der Waals surface area contributed by atoms with Crippen LogP contribution < -0.4 is 0 Å². The van der Waals surface area contributed by atoms with Gasteiger partial charge in [-0.3, -0.25) is 9.59 Å². The van der Waals surface area contributed by atoms with Crippen LogP contribution in [0, 0.1) is 17.7 Å². The highest BCUT2D eigenvalue weighted by molar-refractivity contribution is 5.98. The second kappa shape index (κ2) is 4.87. The SMILES string of the molecule is C[C@@H]1CN(C(=O)c2cc3cc(F)ccc3[nH]2)C[C@H]1C(=O)O. The molecule has 1 amide bonds. The Morgan fingerprint density at radius 3 is 2.76 bits per heavy atom. The number of carboxylic acids is 1. The molecule has 0 aliphatic carbocycles. The molecular weight excluding hydrogens is 275 g/mol. The van der Waals surface area contributed by atoms with Crippen LogP contribution in [0.3, 0.4) is 0 Å². The van der Waals surface area contributed by atoms with E-state index in [1.165, 1.54) is 17.0 Å². The van der Waals surface area contributed by atoms with E-state index in [4.69, 9.17) is 5.11 Å². The van der Waals surface area contributed by atoms with E-state index < -0.39 is 11.9 Å². The van der Waals surface area contributed by atoms with Crippen molar-refractivity contribution in [3.8, 4) is 0 Å². The van der Waals surface area contributed by atoms with E-state index >= 15 is 0 Å². The van der Waals surface area contributed by atoms with Gasteiger partial charge < -0.3 is 15.0 Å². The van der Waals surface area contributed by atoms with Gasteiger partial charge in [-0.1, -0.05) is 6.92 Å². The molecule has 2 heterocycles. The number of H-pyrrole nitrogens is 1. The third kappa shape index (κ3) is 2.37. The van der Waals surface area contributed by atoms with E-state index in [0.717, 1.165) is 0 Å². The number of hydrogen-bond acceptors (Lipinski definition) is 2. The molecule has 0 unspecified atom stereocenters. The molecule has 1 aromatic heterocycles. The van der Waals surface area contributed by atoms with Crippen LogP contribution in [0.2, 0.25) is 0 Å². The smallest absolute Gasteiger partial charge is 0.308 e. The third-order valence-corrected chi connectivity index (χ3v) is 4.03. The Balaban J connectivity index is 1.86. The number of aromatic amines is 1. The summed E-state index contributed by atoms with van der Waals surface area (Å²) in [5.41, 5.74) is 1.04. The molecule has 0 spiro atoms. The first-order valence-electron chi connectivity index (χ1n) is 6.76. The zero-order valence-electron chi connectivity index (χ0n) is 11.5. The Morgan fingerprint density at radius 2 is 2.10 bits per heavy atom. The van der Waals surface area contributed by atoms with Gasteiger partial charge in [0, 0.05) is 24.0 Å². The van der Waals surface area contributed by atoms with Crippen LogP contribution in [-0.4, -0.2) is 40.0 Å². The highest BCUT2D eigenvalue weighted by atomic mass is 19.1. The summed E-state index contributed by atoms with van der Waals surface area (Å²) in [7, 11) is 0. The lowest BCUT2D eigenvalue weighted by molar-refractivity contribution is -0.142. The molecule has 0 radical (unpaired) electrons. The number of carbonyl (C=O) groups is 2. The van der Waals surface area contributed by atoms with Gasteiger partial charge in [-0.15, -0.1) is 0 Å². The Labute approximate surface area is 120 Å². The molecule has 0 bridgehead atoms. The fourth-order valence-electron chi connectivity index (χ4n) is 2.84. The Morgan fingerprint density at radius 1 is 1.33 bits per heavy atom. The number of fused-ring (bicyclic) bond motifs is 1. The molecule has 3 rings (SSSR count). The number of halogens is 1. The van der Waals surface area contributed by atoms with E-state index in [0.29, 0.717) is 23.1 Å². The van der Waals surface area contributed by atoms with Crippen LogP contribution in [0.15, 0.2) is 24.3 Å². The first-order valence-corrected chi connectivity index (χ1v) is 6.76. The first-order chi connectivity index (χ1) is 9.95. The number of nitrogens with one attached hydrogen (secondary N) is 1. The van der Waals surface area contributed by atoms with E-state index in [1.54, 1.807) is 12.1 Å². The van der Waals surface area contributed by atoms with Crippen LogP contribution in [0.5, 0.6) is 0 Å². The summed E-state index contributed by atoms with van der Waals surface area (Å²) in [5.74, 6) is -2.09. The average molecular weight is 290 g/mol. The van der Waals surface area contributed by atoms with Gasteiger partial charge in [-0.05, 0) is 30.2 Å². The summed E-state index contributed by atoms with van der Waals surface area (Å²) in [6.07, 6.45) is 0. The van der Waals surface area contributed by atoms with Gasteiger partial charge in [0.1, 0.15) is 11.5 Å². The van der Waals surface area contributed by atoms with Crippen molar-refractivity contribution in [2.45, 2.75) is 6.92 Å². The van der Waals surface area contributed by atoms with Crippen molar-refractivity contribution in [1.29, 1.82) is 0 Å². The molecule has 1 aliphatic rings. The predicted octanol–water partition coefficient (Wildman–Crippen LogP) is 2.10. The molecule has 110 valence electrons. The number of benzene rings is 1. The summed E-state index contributed by atoms with van der Waals surface area (Å²) in [6.45, 7) is 2.45. The van der Waals surface area contributed by atoms with Crippen LogP contribution in [0.1, 0.15) is 17.4 Å². The van der Waals surface area contributed by atoms with E-state index in [2.05, 4.69) is 4.98 Å². The minimum Gasteiger partial charge on any atom is -0.481 e. The number of aromatic nitrogens is 1. The van der Waals surface area contributed by atoms with E-state index in [9.17, 15) is 14.0 Å². The number of likely N-dealkylation sites (tertiary alicyclic amines) is 1. The Hall–Kier alpha value is -2.37.